The molecule has 0 bridgehead atoms. The average Bonchev–Trinajstić information content (AvgIpc) is 2.97. The third kappa shape index (κ3) is 4.03. The molecule has 2 heterocycles. The number of aromatic carboxylic acids is 1. The number of carbonyl (C=O) groups is 1. The summed E-state index contributed by atoms with van der Waals surface area (Å²) in [6.45, 7) is 0.784. The lowest BCUT2D eigenvalue weighted by Crippen LogP contribution is -2.14. The first-order valence-electron chi connectivity index (χ1n) is 9.43. The maximum absolute atomic E-state index is 12.8. The van der Waals surface area contributed by atoms with Gasteiger partial charge in [-0.3, -0.25) is 4.72 Å². The van der Waals surface area contributed by atoms with E-state index in [1.165, 1.54) is 18.2 Å². The van der Waals surface area contributed by atoms with Crippen molar-refractivity contribution in [1.29, 1.82) is 0 Å². The van der Waals surface area contributed by atoms with E-state index in [1.807, 2.05) is 4.57 Å². The highest BCUT2D eigenvalue weighted by Crippen LogP contribution is 2.32. The molecule has 0 spiro atoms. The molecular weight excluding hydrogens is 428 g/mol. The van der Waals surface area contributed by atoms with Gasteiger partial charge >= 0.3 is 5.97 Å². The smallest absolute Gasteiger partial charge is 0.335 e. The third-order valence-electron chi connectivity index (χ3n) is 4.96. The Labute approximate surface area is 178 Å². The van der Waals surface area contributed by atoms with Crippen LogP contribution in [0.3, 0.4) is 0 Å². The van der Waals surface area contributed by atoms with Gasteiger partial charge in [-0.1, -0.05) is 24.1 Å². The van der Waals surface area contributed by atoms with Gasteiger partial charge in [0.25, 0.3) is 10.0 Å². The van der Waals surface area contributed by atoms with Gasteiger partial charge in [-0.2, -0.15) is 0 Å². The van der Waals surface area contributed by atoms with Gasteiger partial charge in [0.2, 0.25) is 0 Å². The number of nitrogens with one attached hydrogen (secondary N) is 1. The van der Waals surface area contributed by atoms with Gasteiger partial charge in [-0.25, -0.2) is 13.2 Å². The van der Waals surface area contributed by atoms with Crippen LogP contribution >= 0.6 is 11.6 Å². The molecule has 8 nitrogen and oxygen atoms in total. The highest BCUT2D eigenvalue weighted by Gasteiger charge is 2.20. The first-order valence-corrected chi connectivity index (χ1v) is 11.3. The summed E-state index contributed by atoms with van der Waals surface area (Å²) in [7, 11) is -3.99. The van der Waals surface area contributed by atoms with Crippen molar-refractivity contribution in [3.05, 3.63) is 58.9 Å². The molecule has 4 rings (SSSR count). The third-order valence-corrected chi connectivity index (χ3v) is 6.67. The fourth-order valence-electron chi connectivity index (χ4n) is 3.45. The first kappa shape index (κ1) is 20.4. The number of carboxylic acid groups (broad SMARTS) is 1. The number of halogens is 1. The molecule has 10 heteroatoms. The molecule has 0 amide bonds. The van der Waals surface area contributed by atoms with Crippen LogP contribution in [0.1, 0.15) is 35.4 Å². The van der Waals surface area contributed by atoms with Crippen LogP contribution in [0, 0.1) is 0 Å². The molecule has 0 aliphatic carbocycles. The highest BCUT2D eigenvalue weighted by molar-refractivity contribution is 7.92. The largest absolute Gasteiger partial charge is 0.478 e. The number of aryl methyl sites for hydroxylation is 1. The number of hydrogen-bond donors (Lipinski definition) is 2. The molecule has 156 valence electrons. The second-order valence-corrected chi connectivity index (χ2v) is 9.12. The van der Waals surface area contributed by atoms with Gasteiger partial charge in [-0.15, -0.1) is 10.2 Å². The van der Waals surface area contributed by atoms with Crippen LogP contribution in [-0.2, 0) is 23.0 Å². The minimum Gasteiger partial charge on any atom is -0.478 e. The number of fused-ring (bicyclic) bond motifs is 1. The standard InChI is InChI=1S/C20H19ClN4O4S/c21-17-9-8-14(24-30(28,29)15-6-4-5-13(11-15)20(26)27)12-16(17)19-23-22-18-7-2-1-3-10-25(18)19/h4-6,8-9,11-12,24H,1-3,7,10H2,(H,26,27). The number of nitrogens with zero attached hydrogens (tertiary/aromatic N) is 3. The maximum atomic E-state index is 12.8. The van der Waals surface area contributed by atoms with Gasteiger partial charge in [0, 0.05) is 24.2 Å². The molecule has 0 radical (unpaired) electrons. The average molecular weight is 447 g/mol. The SMILES string of the molecule is O=C(O)c1cccc(S(=O)(=O)Nc2ccc(Cl)c(-c3nnc4n3CCCCC4)c2)c1. The summed E-state index contributed by atoms with van der Waals surface area (Å²) in [5.41, 5.74) is 0.763. The Morgan fingerprint density at radius 3 is 2.73 bits per heavy atom. The van der Waals surface area contributed by atoms with E-state index in [1.54, 1.807) is 18.2 Å². The van der Waals surface area contributed by atoms with Crippen molar-refractivity contribution >= 4 is 33.3 Å². The highest BCUT2D eigenvalue weighted by atomic mass is 35.5. The van der Waals surface area contributed by atoms with Crippen molar-refractivity contribution in [3.63, 3.8) is 0 Å². The second-order valence-electron chi connectivity index (χ2n) is 7.04. The Hall–Kier alpha value is -2.91. The molecule has 0 saturated heterocycles. The zero-order valence-electron chi connectivity index (χ0n) is 15.9. The zero-order valence-corrected chi connectivity index (χ0v) is 17.4. The number of sulfonamides is 1. The van der Waals surface area contributed by atoms with Crippen molar-refractivity contribution in [2.45, 2.75) is 37.1 Å². The van der Waals surface area contributed by atoms with Crippen LogP contribution in [0.15, 0.2) is 47.4 Å². The van der Waals surface area contributed by atoms with Gasteiger partial charge in [0.15, 0.2) is 5.82 Å². The molecule has 3 aromatic rings. The zero-order chi connectivity index (χ0) is 21.3. The van der Waals surface area contributed by atoms with Crippen molar-refractivity contribution in [1.82, 2.24) is 14.8 Å². The monoisotopic (exact) mass is 446 g/mol. The predicted molar refractivity (Wildman–Crippen MR) is 112 cm³/mol. The first-order chi connectivity index (χ1) is 14.3. The number of aromatic nitrogens is 3. The summed E-state index contributed by atoms with van der Waals surface area (Å²) in [6, 6.07) is 9.92. The van der Waals surface area contributed by atoms with E-state index >= 15 is 0 Å². The lowest BCUT2D eigenvalue weighted by Gasteiger charge is -2.12. The molecule has 0 atom stereocenters. The second kappa shape index (κ2) is 8.08. The molecule has 2 N–H and O–H groups in total. The Bertz CT molecular complexity index is 1220. The topological polar surface area (TPSA) is 114 Å². The molecule has 1 aliphatic heterocycles. The van der Waals surface area contributed by atoms with Crippen LogP contribution in [0.4, 0.5) is 5.69 Å². The molecule has 1 aliphatic rings. The summed E-state index contributed by atoms with van der Waals surface area (Å²) in [6.07, 6.45) is 4.03. The minimum absolute atomic E-state index is 0.110. The van der Waals surface area contributed by atoms with E-state index in [9.17, 15) is 13.2 Å². The van der Waals surface area contributed by atoms with E-state index in [0.717, 1.165) is 44.1 Å². The van der Waals surface area contributed by atoms with E-state index in [4.69, 9.17) is 16.7 Å². The normalized spacial score (nSPS) is 14.0. The van der Waals surface area contributed by atoms with Crippen molar-refractivity contribution < 1.29 is 18.3 Å². The van der Waals surface area contributed by atoms with Crippen LogP contribution < -0.4 is 4.72 Å². The Morgan fingerprint density at radius 1 is 1.10 bits per heavy atom. The summed E-state index contributed by atoms with van der Waals surface area (Å²) in [4.78, 5) is 11.0. The fourth-order valence-corrected chi connectivity index (χ4v) is 4.75. The van der Waals surface area contributed by atoms with Crippen LogP contribution in [0.25, 0.3) is 11.4 Å². The number of anilines is 1. The molecule has 2 aromatic carbocycles. The van der Waals surface area contributed by atoms with E-state index in [-0.39, 0.29) is 10.5 Å². The van der Waals surface area contributed by atoms with Crippen LogP contribution in [0.2, 0.25) is 5.02 Å². The van der Waals surface area contributed by atoms with E-state index < -0.39 is 16.0 Å². The van der Waals surface area contributed by atoms with Crippen molar-refractivity contribution in [3.8, 4) is 11.4 Å². The Kier molecular flexibility index (Phi) is 5.48. The molecule has 30 heavy (non-hydrogen) atoms. The molecular formula is C20H19ClN4O4S. The van der Waals surface area contributed by atoms with Gasteiger partial charge in [-0.05, 0) is 49.2 Å². The summed E-state index contributed by atoms with van der Waals surface area (Å²) >= 11 is 6.39. The lowest BCUT2D eigenvalue weighted by molar-refractivity contribution is 0.0696. The fraction of sp³-hybridized carbons (Fsp3) is 0.250. The summed E-state index contributed by atoms with van der Waals surface area (Å²) < 4.78 is 30.1. The molecule has 0 saturated carbocycles. The lowest BCUT2D eigenvalue weighted by atomic mass is 10.2. The number of benzene rings is 2. The van der Waals surface area contributed by atoms with Gasteiger partial charge < -0.3 is 9.67 Å². The quantitative estimate of drug-likeness (QED) is 0.615. The van der Waals surface area contributed by atoms with E-state index in [2.05, 4.69) is 14.9 Å². The molecule has 0 fully saturated rings. The summed E-state index contributed by atoms with van der Waals surface area (Å²) in [5, 5.41) is 18.1. The van der Waals surface area contributed by atoms with Crippen molar-refractivity contribution in [2.75, 3.05) is 4.72 Å². The van der Waals surface area contributed by atoms with Crippen LogP contribution in [0.5, 0.6) is 0 Å². The van der Waals surface area contributed by atoms with Gasteiger partial charge in [0.05, 0.1) is 15.5 Å². The Balaban J connectivity index is 1.68. The number of hydrogen-bond acceptors (Lipinski definition) is 5. The minimum atomic E-state index is -3.99. The van der Waals surface area contributed by atoms with Gasteiger partial charge in [0.1, 0.15) is 5.82 Å². The van der Waals surface area contributed by atoms with E-state index in [0.29, 0.717) is 22.1 Å². The Morgan fingerprint density at radius 2 is 1.93 bits per heavy atom. The number of rotatable bonds is 5. The maximum Gasteiger partial charge on any atom is 0.335 e. The molecule has 0 unspecified atom stereocenters. The number of carboxylic acids is 1. The van der Waals surface area contributed by atoms with Crippen LogP contribution in [-0.4, -0.2) is 34.3 Å². The van der Waals surface area contributed by atoms with Crippen molar-refractivity contribution in [2.24, 2.45) is 0 Å². The summed E-state index contributed by atoms with van der Waals surface area (Å²) in [5.74, 6) is 0.300. The molecule has 1 aromatic heterocycles. The predicted octanol–water partition coefficient (Wildman–Crippen LogP) is 3.82.